The number of carbonyl (C=O) groups is 1. The van der Waals surface area contributed by atoms with Gasteiger partial charge in [0.15, 0.2) is 5.69 Å². The summed E-state index contributed by atoms with van der Waals surface area (Å²) in [5.41, 5.74) is 2.10. The van der Waals surface area contributed by atoms with Crippen LogP contribution in [-0.4, -0.2) is 28.8 Å². The quantitative estimate of drug-likeness (QED) is 0.588. The number of ether oxygens (including phenoxy) is 1. The molecule has 0 unspecified atom stereocenters. The van der Waals surface area contributed by atoms with Crippen LogP contribution >= 0.6 is 27.7 Å². The molecular weight excluding hydrogens is 292 g/mol. The number of halogens is 1. The molecule has 2 heterocycles. The third-order valence-corrected chi connectivity index (χ3v) is 3.80. The van der Waals surface area contributed by atoms with Crippen LogP contribution in [0.15, 0.2) is 21.8 Å². The van der Waals surface area contributed by atoms with Crippen molar-refractivity contribution in [2.24, 2.45) is 0 Å². The summed E-state index contributed by atoms with van der Waals surface area (Å²) in [6, 6.07) is 0. The molecule has 0 fully saturated rings. The molecule has 0 bridgehead atoms. The Kier molecular flexibility index (Phi) is 3.30. The number of methoxy groups -OCH3 is 1. The van der Waals surface area contributed by atoms with E-state index in [0.717, 1.165) is 22.0 Å². The van der Waals surface area contributed by atoms with Crippen molar-refractivity contribution in [3.63, 3.8) is 0 Å². The first kappa shape index (κ1) is 11.6. The molecule has 0 aliphatic carbocycles. The Morgan fingerprint density at radius 1 is 1.56 bits per heavy atom. The minimum absolute atomic E-state index is 0.219. The van der Waals surface area contributed by atoms with Gasteiger partial charge in [-0.3, -0.25) is 0 Å². The molecule has 6 heteroatoms. The topological polar surface area (TPSA) is 52.1 Å². The van der Waals surface area contributed by atoms with Crippen LogP contribution in [0.1, 0.15) is 16.2 Å². The van der Waals surface area contributed by atoms with Gasteiger partial charge in [-0.1, -0.05) is 12.2 Å². The number of hydrogen-bond donors (Lipinski definition) is 0. The molecule has 0 atom stereocenters. The van der Waals surface area contributed by atoms with E-state index < -0.39 is 5.97 Å². The van der Waals surface area contributed by atoms with Gasteiger partial charge in [-0.15, -0.1) is 11.8 Å². The summed E-state index contributed by atoms with van der Waals surface area (Å²) < 4.78 is 5.06. The van der Waals surface area contributed by atoms with Crippen LogP contribution in [0.25, 0.3) is 0 Å². The third kappa shape index (κ3) is 2.12. The Morgan fingerprint density at radius 3 is 3.00 bits per heavy atom. The molecule has 0 radical (unpaired) electrons. The highest BCUT2D eigenvalue weighted by Crippen LogP contribution is 2.31. The van der Waals surface area contributed by atoms with Crippen molar-refractivity contribution in [3.05, 3.63) is 28.1 Å². The lowest BCUT2D eigenvalue weighted by Crippen LogP contribution is -2.13. The molecule has 0 saturated heterocycles. The molecule has 1 aliphatic heterocycles. The van der Waals surface area contributed by atoms with E-state index in [-0.39, 0.29) is 5.69 Å². The van der Waals surface area contributed by atoms with E-state index in [4.69, 9.17) is 0 Å². The molecule has 4 nitrogen and oxygen atoms in total. The van der Waals surface area contributed by atoms with Crippen LogP contribution in [0.5, 0.6) is 0 Å². The van der Waals surface area contributed by atoms with Gasteiger partial charge in [0.05, 0.1) is 12.8 Å². The number of thioether (sulfide) groups is 1. The summed E-state index contributed by atoms with van der Waals surface area (Å²) in [6.07, 6.45) is 0.673. The highest BCUT2D eigenvalue weighted by molar-refractivity contribution is 9.10. The fourth-order valence-electron chi connectivity index (χ4n) is 1.35. The molecule has 2 rings (SSSR count). The second-order valence-corrected chi connectivity index (χ2v) is 5.04. The van der Waals surface area contributed by atoms with Crippen molar-refractivity contribution < 1.29 is 9.53 Å². The Labute approximate surface area is 106 Å². The molecule has 1 aromatic rings. The smallest absolute Gasteiger partial charge is 0.359 e. The fraction of sp³-hybridized carbons (Fsp3) is 0.300. The summed E-state index contributed by atoms with van der Waals surface area (Å²) in [5, 5.41) is 0.854. The highest BCUT2D eigenvalue weighted by Gasteiger charge is 2.21. The lowest BCUT2D eigenvalue weighted by atomic mass is 10.2. The average molecular weight is 301 g/mol. The molecule has 1 aliphatic rings. The van der Waals surface area contributed by atoms with Crippen molar-refractivity contribution in [2.45, 2.75) is 11.4 Å². The Hall–Kier alpha value is -0.880. The first-order chi connectivity index (χ1) is 7.61. The maximum atomic E-state index is 11.4. The van der Waals surface area contributed by atoms with Crippen molar-refractivity contribution >= 4 is 33.7 Å². The molecule has 0 spiro atoms. The largest absolute Gasteiger partial charge is 0.464 e. The number of carbonyl (C=O) groups excluding carboxylic acids is 1. The number of esters is 1. The first-order valence-electron chi connectivity index (χ1n) is 4.56. The van der Waals surface area contributed by atoms with Crippen LogP contribution in [0.4, 0.5) is 0 Å². The monoisotopic (exact) mass is 300 g/mol. The number of rotatable bonds is 1. The van der Waals surface area contributed by atoms with Gasteiger partial charge in [-0.25, -0.2) is 14.8 Å². The van der Waals surface area contributed by atoms with Gasteiger partial charge in [0.1, 0.15) is 9.63 Å². The number of aromatic nitrogens is 2. The van der Waals surface area contributed by atoms with Crippen LogP contribution in [-0.2, 0) is 11.2 Å². The second-order valence-electron chi connectivity index (χ2n) is 3.32. The lowest BCUT2D eigenvalue weighted by molar-refractivity contribution is 0.0591. The number of hydrogen-bond acceptors (Lipinski definition) is 5. The van der Waals surface area contributed by atoms with E-state index in [2.05, 4.69) is 37.2 Å². The van der Waals surface area contributed by atoms with Crippen molar-refractivity contribution in [2.75, 3.05) is 12.9 Å². The molecule has 0 amide bonds. The van der Waals surface area contributed by atoms with Crippen molar-refractivity contribution in [1.29, 1.82) is 0 Å². The molecular formula is C10H9BrN2O2S. The zero-order valence-corrected chi connectivity index (χ0v) is 11.0. The molecule has 0 N–H and O–H groups in total. The van der Waals surface area contributed by atoms with Crippen LogP contribution in [0.2, 0.25) is 0 Å². The Bertz CT molecular complexity index is 476. The SMILES string of the molecule is C=C1CSc2nc(Br)c(C(=O)OC)nc2C1. The predicted molar refractivity (Wildman–Crippen MR) is 64.6 cm³/mol. The minimum Gasteiger partial charge on any atom is -0.464 e. The van der Waals surface area contributed by atoms with Crippen LogP contribution in [0, 0.1) is 0 Å². The average Bonchev–Trinajstić information content (AvgIpc) is 2.28. The van der Waals surface area contributed by atoms with E-state index in [9.17, 15) is 4.79 Å². The Morgan fingerprint density at radius 2 is 2.31 bits per heavy atom. The molecule has 0 saturated carbocycles. The van der Waals surface area contributed by atoms with E-state index in [1.165, 1.54) is 7.11 Å². The van der Waals surface area contributed by atoms with Crippen molar-refractivity contribution in [3.8, 4) is 0 Å². The molecule has 84 valence electrons. The second kappa shape index (κ2) is 4.55. The zero-order chi connectivity index (χ0) is 11.7. The normalized spacial score (nSPS) is 14.5. The molecule has 0 aromatic carbocycles. The van der Waals surface area contributed by atoms with Gasteiger partial charge < -0.3 is 4.74 Å². The third-order valence-electron chi connectivity index (χ3n) is 2.10. The lowest BCUT2D eigenvalue weighted by Gasteiger charge is -2.16. The molecule has 16 heavy (non-hydrogen) atoms. The van der Waals surface area contributed by atoms with Crippen LogP contribution < -0.4 is 0 Å². The van der Waals surface area contributed by atoms with Gasteiger partial charge in [0, 0.05) is 12.2 Å². The van der Waals surface area contributed by atoms with E-state index in [0.29, 0.717) is 11.0 Å². The van der Waals surface area contributed by atoms with Gasteiger partial charge in [-0.2, -0.15) is 0 Å². The first-order valence-corrected chi connectivity index (χ1v) is 6.34. The summed E-state index contributed by atoms with van der Waals surface area (Å²) >= 11 is 4.81. The van der Waals surface area contributed by atoms with E-state index in [1.54, 1.807) is 11.8 Å². The summed E-state index contributed by atoms with van der Waals surface area (Å²) in [7, 11) is 1.32. The Balaban J connectivity index is 2.46. The summed E-state index contributed by atoms with van der Waals surface area (Å²) in [6.45, 7) is 3.91. The number of nitrogens with zero attached hydrogens (tertiary/aromatic N) is 2. The maximum Gasteiger partial charge on any atom is 0.359 e. The van der Waals surface area contributed by atoms with Crippen molar-refractivity contribution in [1.82, 2.24) is 9.97 Å². The molecule has 1 aromatic heterocycles. The summed E-state index contributed by atoms with van der Waals surface area (Å²) in [5.74, 6) is 0.370. The van der Waals surface area contributed by atoms with Gasteiger partial charge in [-0.05, 0) is 15.9 Å². The van der Waals surface area contributed by atoms with E-state index in [1.807, 2.05) is 0 Å². The van der Waals surface area contributed by atoms with Gasteiger partial charge in [0.25, 0.3) is 0 Å². The number of fused-ring (bicyclic) bond motifs is 1. The zero-order valence-electron chi connectivity index (χ0n) is 8.62. The summed E-state index contributed by atoms with van der Waals surface area (Å²) in [4.78, 5) is 20.0. The van der Waals surface area contributed by atoms with E-state index >= 15 is 0 Å². The van der Waals surface area contributed by atoms with Gasteiger partial charge in [0.2, 0.25) is 0 Å². The standard InChI is InChI=1S/C10H9BrN2O2S/c1-5-3-6-9(16-4-5)13-8(11)7(12-6)10(14)15-2/h1,3-4H2,2H3. The predicted octanol–water partition coefficient (Wildman–Crippen LogP) is 2.23. The van der Waals surface area contributed by atoms with Gasteiger partial charge >= 0.3 is 5.97 Å². The van der Waals surface area contributed by atoms with Crippen LogP contribution in [0.3, 0.4) is 0 Å². The maximum absolute atomic E-state index is 11.4. The minimum atomic E-state index is -0.483. The highest BCUT2D eigenvalue weighted by atomic mass is 79.9. The fourth-order valence-corrected chi connectivity index (χ4v) is 2.78.